The molecule has 1 saturated carbocycles. The van der Waals surface area contributed by atoms with Crippen molar-refractivity contribution in [3.63, 3.8) is 0 Å². The molecule has 7 unspecified atom stereocenters. The second-order valence-corrected chi connectivity index (χ2v) is 20.9. The SMILES string of the molecule is C=C(NC(C(=CC)N1CCCC1C1=C=C(C)c2ccc(/C(=C/c3cc4[nH]c(C5=CC6C(C)C6(C6CCCN6C(=C)C(NC(=CC)OC)C(C)C)N5)cc4cc3C)CCCC)cc2N1)C(C)C)OC. The Bertz CT molecular complexity index is 2600. The Labute approximate surface area is 408 Å². The minimum Gasteiger partial charge on any atom is -0.483 e. The Morgan fingerprint density at radius 2 is 1.69 bits per heavy atom. The van der Waals surface area contributed by atoms with Crippen molar-refractivity contribution < 1.29 is 9.47 Å². The van der Waals surface area contributed by atoms with E-state index in [2.05, 4.69) is 165 Å². The van der Waals surface area contributed by atoms with Gasteiger partial charge < -0.3 is 45.5 Å². The molecule has 9 nitrogen and oxygen atoms in total. The Kier molecular flexibility index (Phi) is 14.4. The fourth-order valence-electron chi connectivity index (χ4n) is 12.1. The maximum atomic E-state index is 5.64. The molecule has 0 spiro atoms. The maximum Gasteiger partial charge on any atom is 0.182 e. The number of hydrogen-bond acceptors (Lipinski definition) is 8. The highest BCUT2D eigenvalue weighted by Gasteiger charge is 2.70. The first-order valence-electron chi connectivity index (χ1n) is 25.8. The van der Waals surface area contributed by atoms with Gasteiger partial charge in [0.15, 0.2) is 11.8 Å². The fourth-order valence-corrected chi connectivity index (χ4v) is 12.1. The van der Waals surface area contributed by atoms with Crippen LogP contribution >= 0.6 is 0 Å². The Balaban J connectivity index is 1.03. The van der Waals surface area contributed by atoms with Crippen molar-refractivity contribution >= 4 is 39.5 Å². The molecular weight excluding hydrogens is 839 g/mol. The number of hydrogen-bond donors (Lipinski definition) is 5. The van der Waals surface area contributed by atoms with E-state index in [0.717, 1.165) is 74.6 Å². The number of nitrogens with one attached hydrogen (secondary N) is 5. The number of aromatic amines is 1. The summed E-state index contributed by atoms with van der Waals surface area (Å²) in [5.41, 5.74) is 19.7. The zero-order chi connectivity index (χ0) is 48.6. The van der Waals surface area contributed by atoms with E-state index in [9.17, 15) is 0 Å². The summed E-state index contributed by atoms with van der Waals surface area (Å²) in [5, 5.41) is 16.5. The number of H-pyrrole nitrogens is 1. The Hall–Kier alpha value is -5.66. The van der Waals surface area contributed by atoms with Crippen LogP contribution in [0.3, 0.4) is 0 Å². The number of allylic oxidation sites excluding steroid dienone is 3. The number of unbranched alkanes of at least 4 members (excludes halogenated alkanes) is 1. The van der Waals surface area contributed by atoms with Gasteiger partial charge in [0.1, 0.15) is 0 Å². The fraction of sp³-hybridized carbons (Fsp3) is 0.508. The normalized spacial score (nSPS) is 24.5. The summed E-state index contributed by atoms with van der Waals surface area (Å²) >= 11 is 0. The van der Waals surface area contributed by atoms with Gasteiger partial charge in [-0.05, 0) is 143 Å². The summed E-state index contributed by atoms with van der Waals surface area (Å²) in [7, 11) is 3.40. The Morgan fingerprint density at radius 3 is 2.38 bits per heavy atom. The number of likely N-dealkylation sites (tertiary alicyclic amines) is 2. The number of ether oxygens (including phenoxy) is 2. The van der Waals surface area contributed by atoms with Crippen LogP contribution in [-0.4, -0.2) is 71.8 Å². The number of aromatic nitrogens is 1. The molecule has 7 atom stereocenters. The van der Waals surface area contributed by atoms with E-state index in [0.29, 0.717) is 35.6 Å². The lowest BCUT2D eigenvalue weighted by Gasteiger charge is -2.40. The van der Waals surface area contributed by atoms with E-state index in [1.54, 1.807) is 14.2 Å². The van der Waals surface area contributed by atoms with Crippen molar-refractivity contribution in [2.45, 2.75) is 144 Å². The molecule has 8 rings (SSSR count). The summed E-state index contributed by atoms with van der Waals surface area (Å²) in [6.07, 6.45) is 17.0. The first-order valence-corrected chi connectivity index (χ1v) is 25.8. The highest BCUT2D eigenvalue weighted by atomic mass is 16.5. The Morgan fingerprint density at radius 1 is 0.941 bits per heavy atom. The molecule has 364 valence electrons. The second-order valence-electron chi connectivity index (χ2n) is 20.9. The van der Waals surface area contributed by atoms with Gasteiger partial charge >= 0.3 is 0 Å². The van der Waals surface area contributed by atoms with Gasteiger partial charge in [-0.25, -0.2) is 0 Å². The summed E-state index contributed by atoms with van der Waals surface area (Å²) in [6.45, 7) is 33.2. The largest absolute Gasteiger partial charge is 0.483 e. The zero-order valence-corrected chi connectivity index (χ0v) is 43.4. The summed E-state index contributed by atoms with van der Waals surface area (Å²) < 4.78 is 11.1. The summed E-state index contributed by atoms with van der Waals surface area (Å²) in [6, 6.07) is 14.8. The number of nitrogens with zero attached hydrogens (tertiary/aromatic N) is 2. The van der Waals surface area contributed by atoms with E-state index < -0.39 is 0 Å². The smallest absolute Gasteiger partial charge is 0.182 e. The lowest BCUT2D eigenvalue weighted by atomic mass is 9.92. The monoisotopic (exact) mass is 920 g/mol. The van der Waals surface area contributed by atoms with Crippen molar-refractivity contribution in [2.24, 2.45) is 23.7 Å². The van der Waals surface area contributed by atoms with Gasteiger partial charge in [0.2, 0.25) is 0 Å². The van der Waals surface area contributed by atoms with Crippen LogP contribution in [0.5, 0.6) is 0 Å². The van der Waals surface area contributed by atoms with Gasteiger partial charge in [-0.3, -0.25) is 0 Å². The zero-order valence-electron chi connectivity index (χ0n) is 43.4. The van der Waals surface area contributed by atoms with Gasteiger partial charge in [-0.2, -0.15) is 0 Å². The number of fused-ring (bicyclic) bond motifs is 3. The molecule has 2 saturated heterocycles. The van der Waals surface area contributed by atoms with Crippen LogP contribution < -0.4 is 21.3 Å². The van der Waals surface area contributed by atoms with Gasteiger partial charge in [-0.1, -0.05) is 90.6 Å². The average Bonchev–Trinajstić information content (AvgIpc) is 4.03. The lowest BCUT2D eigenvalue weighted by Crippen LogP contribution is -2.52. The van der Waals surface area contributed by atoms with Gasteiger partial charge in [0.05, 0.1) is 61.0 Å². The van der Waals surface area contributed by atoms with Gasteiger partial charge in [-0.15, -0.1) is 0 Å². The highest BCUT2D eigenvalue weighted by Crippen LogP contribution is 2.61. The lowest BCUT2D eigenvalue weighted by molar-refractivity contribution is 0.197. The van der Waals surface area contributed by atoms with Crippen molar-refractivity contribution in [1.29, 1.82) is 0 Å². The molecule has 2 aromatic carbocycles. The van der Waals surface area contributed by atoms with Crippen LogP contribution in [0.25, 0.3) is 33.8 Å². The quantitative estimate of drug-likeness (QED) is 0.0435. The summed E-state index contributed by atoms with van der Waals surface area (Å²) in [4.78, 5) is 9.07. The third-order valence-corrected chi connectivity index (χ3v) is 16.0. The molecular formula is C59H81N7O2. The molecule has 5 heterocycles. The molecule has 1 aliphatic carbocycles. The van der Waals surface area contributed by atoms with E-state index in [1.165, 1.54) is 67.8 Å². The van der Waals surface area contributed by atoms with Crippen molar-refractivity contribution in [1.82, 2.24) is 30.7 Å². The van der Waals surface area contributed by atoms with Crippen LogP contribution in [0.4, 0.5) is 5.69 Å². The topological polar surface area (TPSA) is 88.9 Å². The van der Waals surface area contributed by atoms with Gasteiger partial charge in [0, 0.05) is 58.1 Å². The molecule has 1 aromatic heterocycles. The van der Waals surface area contributed by atoms with E-state index in [4.69, 9.17) is 16.1 Å². The number of aryl methyl sites for hydroxylation is 1. The number of methoxy groups -OCH3 is 2. The third-order valence-electron chi connectivity index (χ3n) is 16.0. The molecule has 0 bridgehead atoms. The molecule has 3 aromatic rings. The number of anilines is 1. The highest BCUT2D eigenvalue weighted by molar-refractivity contribution is 5.92. The predicted molar refractivity (Wildman–Crippen MR) is 286 cm³/mol. The predicted octanol–water partition coefficient (Wildman–Crippen LogP) is 12.7. The van der Waals surface area contributed by atoms with Crippen LogP contribution in [0, 0.1) is 30.6 Å². The van der Waals surface area contributed by atoms with E-state index >= 15 is 0 Å². The average molecular weight is 920 g/mol. The molecule has 3 fully saturated rings. The molecule has 5 N–H and O–H groups in total. The summed E-state index contributed by atoms with van der Waals surface area (Å²) in [5.74, 6) is 3.15. The van der Waals surface area contributed by atoms with Crippen LogP contribution in [0.2, 0.25) is 0 Å². The van der Waals surface area contributed by atoms with Crippen LogP contribution in [0.15, 0.2) is 102 Å². The van der Waals surface area contributed by atoms with E-state index in [1.807, 2.05) is 13.0 Å². The standard InChI is InChI=1S/C59H81N7O2/c1-15-18-21-42(43-24-25-46-38(9)29-52(62-49(46)31-43)54-22-19-27-66(54)53(16-2)58(36(6)7)60-41(12)67-13)30-44-32-48-45(28-37(44)8)33-50(61-48)51-34-47-39(10)59(47,64-51)55-23-20-26-65(55)40(11)57(35(4)5)63-56(17-3)68-14/h16-17,24-25,28,30-36,39,47,54-55,57-58,60-64H,11-12,15,18-23,26-27H2,1-10,13-14H3/b42-30+,53-16?,56-17?. The minimum atomic E-state index is 0.00520. The van der Waals surface area contributed by atoms with Crippen molar-refractivity contribution in [3.8, 4) is 0 Å². The van der Waals surface area contributed by atoms with Crippen molar-refractivity contribution in [2.75, 3.05) is 32.6 Å². The molecule has 9 heteroatoms. The first-order chi connectivity index (χ1) is 32.7. The molecule has 68 heavy (non-hydrogen) atoms. The maximum absolute atomic E-state index is 5.64. The number of benzene rings is 2. The van der Waals surface area contributed by atoms with E-state index in [-0.39, 0.29) is 23.7 Å². The van der Waals surface area contributed by atoms with Crippen LogP contribution in [-0.2, 0) is 9.47 Å². The van der Waals surface area contributed by atoms with Crippen molar-refractivity contribution in [3.05, 3.63) is 130 Å². The molecule has 0 radical (unpaired) electrons. The third kappa shape index (κ3) is 9.16. The molecule has 4 aliphatic heterocycles. The number of rotatable bonds is 20. The van der Waals surface area contributed by atoms with Gasteiger partial charge in [0.25, 0.3) is 0 Å². The minimum absolute atomic E-state index is 0.00520. The van der Waals surface area contributed by atoms with Crippen LogP contribution in [0.1, 0.15) is 135 Å². The molecule has 5 aliphatic rings. The molecule has 0 amide bonds. The second kappa shape index (κ2) is 20.1. The first kappa shape index (κ1) is 48.8.